The molecule has 3 aromatic rings. The first-order valence-electron chi connectivity index (χ1n) is 11.6. The number of piperazine rings is 1. The van der Waals surface area contributed by atoms with Gasteiger partial charge in [0.25, 0.3) is 5.91 Å². The van der Waals surface area contributed by atoms with Gasteiger partial charge in [-0.1, -0.05) is 37.0 Å². The van der Waals surface area contributed by atoms with Gasteiger partial charge in [-0.2, -0.15) is 0 Å². The molecule has 36 heavy (non-hydrogen) atoms. The third kappa shape index (κ3) is 6.48. The number of aromatic amines is 1. The Morgan fingerprint density at radius 1 is 1.06 bits per heavy atom. The lowest BCUT2D eigenvalue weighted by atomic mass is 10.1. The summed E-state index contributed by atoms with van der Waals surface area (Å²) in [7, 11) is 2.16. The fraction of sp³-hybridized carbons (Fsp3) is 0.385. The molecule has 1 aliphatic heterocycles. The lowest BCUT2D eigenvalue weighted by Gasteiger charge is -2.43. The number of imidazole rings is 1. The van der Waals surface area contributed by atoms with Crippen LogP contribution < -0.4 is 10.2 Å². The molecule has 2 aromatic carbocycles. The van der Waals surface area contributed by atoms with Crippen LogP contribution in [0.15, 0.2) is 42.6 Å². The van der Waals surface area contributed by atoms with E-state index in [0.717, 1.165) is 30.0 Å². The highest BCUT2D eigenvalue weighted by Crippen LogP contribution is 2.31. The summed E-state index contributed by atoms with van der Waals surface area (Å²) < 4.78 is 0. The van der Waals surface area contributed by atoms with Crippen molar-refractivity contribution in [3.63, 3.8) is 0 Å². The molecule has 2 heterocycles. The summed E-state index contributed by atoms with van der Waals surface area (Å²) in [5.74, 6) is 0.723. The molecule has 196 valence electrons. The summed E-state index contributed by atoms with van der Waals surface area (Å²) in [6, 6.07) is 11.9. The number of hydrogen-bond donors (Lipinski definition) is 2. The van der Waals surface area contributed by atoms with Crippen LogP contribution in [0.5, 0.6) is 0 Å². The van der Waals surface area contributed by atoms with Gasteiger partial charge in [-0.05, 0) is 63.2 Å². The average molecular weight is 573 g/mol. The van der Waals surface area contributed by atoms with Gasteiger partial charge in [0.15, 0.2) is 0 Å². The maximum atomic E-state index is 13.0. The summed E-state index contributed by atoms with van der Waals surface area (Å²) >= 11 is 13.0. The van der Waals surface area contributed by atoms with Gasteiger partial charge >= 0.3 is 0 Å². The van der Waals surface area contributed by atoms with Crippen molar-refractivity contribution in [1.82, 2.24) is 14.9 Å². The van der Waals surface area contributed by atoms with Gasteiger partial charge in [-0.25, -0.2) is 4.98 Å². The number of nitrogens with zero attached hydrogens (tertiary/aromatic N) is 3. The lowest BCUT2D eigenvalue weighted by molar-refractivity contribution is 0.102. The van der Waals surface area contributed by atoms with Gasteiger partial charge < -0.3 is 15.2 Å². The van der Waals surface area contributed by atoms with Crippen LogP contribution in [0.2, 0.25) is 10.0 Å². The molecule has 10 heteroatoms. The summed E-state index contributed by atoms with van der Waals surface area (Å²) in [5, 5.41) is 3.92. The van der Waals surface area contributed by atoms with Crippen LogP contribution in [-0.4, -0.2) is 53.0 Å². The highest BCUT2D eigenvalue weighted by Gasteiger charge is 2.27. The highest BCUT2D eigenvalue weighted by molar-refractivity contribution is 6.35. The van der Waals surface area contributed by atoms with Crippen molar-refractivity contribution in [1.29, 1.82) is 0 Å². The number of hydrogen-bond acceptors (Lipinski definition) is 4. The largest absolute Gasteiger partial charge is 0.368 e. The Kier molecular flexibility index (Phi) is 10.5. The molecule has 1 amide bonds. The van der Waals surface area contributed by atoms with E-state index >= 15 is 0 Å². The Labute approximate surface area is 235 Å². The zero-order chi connectivity index (χ0) is 24.6. The van der Waals surface area contributed by atoms with E-state index in [-0.39, 0.29) is 30.7 Å². The summed E-state index contributed by atoms with van der Waals surface area (Å²) in [6.45, 7) is 10.5. The van der Waals surface area contributed by atoms with Crippen molar-refractivity contribution in [2.45, 2.75) is 45.7 Å². The number of H-pyrrole nitrogens is 1. The first-order valence-corrected chi connectivity index (χ1v) is 12.3. The van der Waals surface area contributed by atoms with E-state index in [1.807, 2.05) is 24.4 Å². The molecule has 0 radical (unpaired) electrons. The Hall–Kier alpha value is -1.96. The SMILES string of the molecule is CC(C)c1cnc(-c2cc(NC(=O)c3ccc(N4C[C@@H](C)N(C)[C@@H](C)C4)cc3Cl)ccc2Cl)[nH]1.Cl.Cl. The minimum absolute atomic E-state index is 0. The molecule has 2 N–H and O–H groups in total. The smallest absolute Gasteiger partial charge is 0.257 e. The molecule has 0 unspecified atom stereocenters. The van der Waals surface area contributed by atoms with Crippen LogP contribution in [-0.2, 0) is 0 Å². The van der Waals surface area contributed by atoms with Crippen LogP contribution in [0.4, 0.5) is 11.4 Å². The monoisotopic (exact) mass is 571 g/mol. The summed E-state index contributed by atoms with van der Waals surface area (Å²) in [5.41, 5.74) is 3.83. The van der Waals surface area contributed by atoms with Crippen LogP contribution in [0, 0.1) is 0 Å². The van der Waals surface area contributed by atoms with Gasteiger partial charge in [0, 0.05) is 54.0 Å². The van der Waals surface area contributed by atoms with Crippen molar-refractivity contribution in [3.05, 3.63) is 63.9 Å². The Morgan fingerprint density at radius 3 is 2.31 bits per heavy atom. The molecule has 0 spiro atoms. The van der Waals surface area contributed by atoms with Gasteiger partial charge in [0.2, 0.25) is 0 Å². The fourth-order valence-corrected chi connectivity index (χ4v) is 4.72. The molecular formula is C26H33Cl4N5O. The van der Waals surface area contributed by atoms with Crippen LogP contribution in [0.25, 0.3) is 11.4 Å². The third-order valence-corrected chi connectivity index (χ3v) is 7.26. The van der Waals surface area contributed by atoms with Gasteiger partial charge in [-0.15, -0.1) is 24.8 Å². The minimum atomic E-state index is -0.271. The molecular weight excluding hydrogens is 540 g/mol. The standard InChI is InChI=1S/C26H31Cl2N5O.2ClH/c1-15(2)24-12-29-25(31-24)21-10-18(6-9-22(21)27)30-26(34)20-8-7-19(11-23(20)28)33-13-16(3)32(5)17(4)14-33;;/h6-12,15-17H,13-14H2,1-5H3,(H,29,31)(H,30,34);2*1H/t16-,17+;;. The normalized spacial score (nSPS) is 17.9. The maximum Gasteiger partial charge on any atom is 0.257 e. The Bertz CT molecular complexity index is 1190. The van der Waals surface area contributed by atoms with Gasteiger partial charge in [0.1, 0.15) is 5.82 Å². The number of nitrogens with one attached hydrogen (secondary N) is 2. The van der Waals surface area contributed by atoms with Crippen LogP contribution in [0.3, 0.4) is 0 Å². The minimum Gasteiger partial charge on any atom is -0.368 e. The van der Waals surface area contributed by atoms with Crippen LogP contribution in [0.1, 0.15) is 49.7 Å². The number of anilines is 2. The molecule has 0 bridgehead atoms. The Balaban J connectivity index is 0.00000228. The summed E-state index contributed by atoms with van der Waals surface area (Å²) in [4.78, 5) is 25.5. The van der Waals surface area contributed by atoms with E-state index in [2.05, 4.69) is 59.8 Å². The predicted molar refractivity (Wildman–Crippen MR) is 156 cm³/mol. The van der Waals surface area contributed by atoms with E-state index in [9.17, 15) is 4.79 Å². The summed E-state index contributed by atoms with van der Waals surface area (Å²) in [6.07, 6.45) is 1.81. The number of benzene rings is 2. The van der Waals surface area contributed by atoms with Crippen molar-refractivity contribution < 1.29 is 4.79 Å². The maximum absolute atomic E-state index is 13.0. The number of carbonyl (C=O) groups is 1. The molecule has 2 atom stereocenters. The second-order valence-corrected chi connectivity index (χ2v) is 10.2. The fourth-order valence-electron chi connectivity index (χ4n) is 4.25. The highest BCUT2D eigenvalue weighted by atomic mass is 35.5. The molecule has 0 saturated carbocycles. The van der Waals surface area contributed by atoms with E-state index in [0.29, 0.717) is 45.1 Å². The van der Waals surface area contributed by atoms with E-state index in [1.54, 1.807) is 18.2 Å². The second kappa shape index (κ2) is 12.5. The second-order valence-electron chi connectivity index (χ2n) is 9.42. The number of amides is 1. The third-order valence-electron chi connectivity index (χ3n) is 6.62. The molecule has 1 fully saturated rings. The van der Waals surface area contributed by atoms with E-state index < -0.39 is 0 Å². The van der Waals surface area contributed by atoms with Gasteiger partial charge in [-0.3, -0.25) is 9.69 Å². The van der Waals surface area contributed by atoms with Crippen molar-refractivity contribution >= 4 is 65.3 Å². The number of likely N-dealkylation sites (N-methyl/N-ethyl adjacent to an activating group) is 1. The topological polar surface area (TPSA) is 64.3 Å². The quantitative estimate of drug-likeness (QED) is 0.341. The number of halogens is 4. The zero-order valence-electron chi connectivity index (χ0n) is 21.0. The van der Waals surface area contributed by atoms with Crippen molar-refractivity contribution in [2.24, 2.45) is 0 Å². The van der Waals surface area contributed by atoms with Gasteiger partial charge in [0.05, 0.1) is 15.6 Å². The predicted octanol–water partition coefficient (Wildman–Crippen LogP) is 7.13. The number of rotatable bonds is 5. The number of carbonyl (C=O) groups excluding carboxylic acids is 1. The average Bonchev–Trinajstić information content (AvgIpc) is 3.28. The van der Waals surface area contributed by atoms with Crippen LogP contribution >= 0.6 is 48.0 Å². The number of aromatic nitrogens is 2. The molecule has 6 nitrogen and oxygen atoms in total. The van der Waals surface area contributed by atoms with Crippen molar-refractivity contribution in [2.75, 3.05) is 30.4 Å². The van der Waals surface area contributed by atoms with Crippen molar-refractivity contribution in [3.8, 4) is 11.4 Å². The van der Waals surface area contributed by atoms with E-state index in [1.165, 1.54) is 0 Å². The lowest BCUT2D eigenvalue weighted by Crippen LogP contribution is -2.55. The molecule has 0 aliphatic carbocycles. The van der Waals surface area contributed by atoms with E-state index in [4.69, 9.17) is 23.2 Å². The first-order chi connectivity index (χ1) is 16.1. The molecule has 1 saturated heterocycles. The Morgan fingerprint density at radius 2 is 1.72 bits per heavy atom. The molecule has 4 rings (SSSR count). The zero-order valence-corrected chi connectivity index (χ0v) is 24.2. The first kappa shape index (κ1) is 30.3. The molecule has 1 aromatic heterocycles. The molecule has 1 aliphatic rings.